The fourth-order valence-electron chi connectivity index (χ4n) is 2.67. The van der Waals surface area contributed by atoms with E-state index in [0.717, 1.165) is 0 Å². The van der Waals surface area contributed by atoms with E-state index in [9.17, 15) is 0 Å². The Kier molecular flexibility index (Phi) is 4.61. The van der Waals surface area contributed by atoms with Gasteiger partial charge in [0.2, 0.25) is 0 Å². The number of benzene rings is 1. The van der Waals surface area contributed by atoms with Crippen LogP contribution in [0.1, 0.15) is 43.7 Å². The van der Waals surface area contributed by atoms with Gasteiger partial charge >= 0.3 is 0 Å². The lowest BCUT2D eigenvalue weighted by atomic mass is 9.81. The summed E-state index contributed by atoms with van der Waals surface area (Å²) in [5.74, 6) is 6.45. The van der Waals surface area contributed by atoms with Crippen LogP contribution in [-0.2, 0) is 0 Å². The summed E-state index contributed by atoms with van der Waals surface area (Å²) in [7, 11) is 0. The highest BCUT2D eigenvalue weighted by molar-refractivity contribution is 14.1. The van der Waals surface area contributed by atoms with E-state index in [2.05, 4.69) is 52.3 Å². The molecule has 0 heterocycles. The maximum atomic E-state index is 5.75. The van der Waals surface area contributed by atoms with Crippen LogP contribution in [-0.4, -0.2) is 0 Å². The van der Waals surface area contributed by atoms with Gasteiger partial charge in [0.05, 0.1) is 0 Å². The normalized spacial score (nSPS) is 19.6. The number of nitrogens with one attached hydrogen (secondary N) is 1. The first kappa shape index (κ1) is 12.3. The summed E-state index contributed by atoms with van der Waals surface area (Å²) in [4.78, 5) is 0. The number of hydrogen-bond donors (Lipinski definition) is 2. The largest absolute Gasteiger partial charge is 0.271 e. The van der Waals surface area contributed by atoms with Crippen molar-refractivity contribution in [2.24, 2.45) is 11.8 Å². The SMILES string of the molecule is NNC(c1ccccc1I)C1CCCCC1. The Balaban J connectivity index is 2.18. The minimum Gasteiger partial charge on any atom is -0.271 e. The molecule has 0 spiro atoms. The van der Waals surface area contributed by atoms with E-state index < -0.39 is 0 Å². The number of hydrazine groups is 1. The predicted molar refractivity (Wildman–Crippen MR) is 75.8 cm³/mol. The molecular weight excluding hydrogens is 311 g/mol. The molecule has 16 heavy (non-hydrogen) atoms. The van der Waals surface area contributed by atoms with E-state index in [0.29, 0.717) is 12.0 Å². The van der Waals surface area contributed by atoms with Crippen molar-refractivity contribution < 1.29 is 0 Å². The van der Waals surface area contributed by atoms with E-state index in [-0.39, 0.29) is 0 Å². The smallest absolute Gasteiger partial charge is 0.0498 e. The van der Waals surface area contributed by atoms with Gasteiger partial charge in [-0.1, -0.05) is 37.5 Å². The lowest BCUT2D eigenvalue weighted by Crippen LogP contribution is -2.35. The van der Waals surface area contributed by atoms with Crippen molar-refractivity contribution in [1.82, 2.24) is 5.43 Å². The van der Waals surface area contributed by atoms with Crippen LogP contribution in [0.25, 0.3) is 0 Å². The molecule has 1 aromatic rings. The molecule has 0 aromatic heterocycles. The molecule has 0 amide bonds. The van der Waals surface area contributed by atoms with Crippen LogP contribution in [0.2, 0.25) is 0 Å². The van der Waals surface area contributed by atoms with Gasteiger partial charge in [-0.25, -0.2) is 0 Å². The Morgan fingerprint density at radius 3 is 2.50 bits per heavy atom. The lowest BCUT2D eigenvalue weighted by molar-refractivity contribution is 0.273. The molecule has 1 aliphatic carbocycles. The van der Waals surface area contributed by atoms with E-state index in [1.54, 1.807) is 0 Å². The maximum absolute atomic E-state index is 5.75. The maximum Gasteiger partial charge on any atom is 0.0498 e. The van der Waals surface area contributed by atoms with Gasteiger partial charge in [-0.05, 0) is 53.0 Å². The quantitative estimate of drug-likeness (QED) is 0.507. The molecule has 0 saturated heterocycles. The molecule has 2 nitrogen and oxygen atoms in total. The molecule has 88 valence electrons. The molecule has 3 heteroatoms. The molecular formula is C13H19IN2. The summed E-state index contributed by atoms with van der Waals surface area (Å²) in [6, 6.07) is 8.86. The van der Waals surface area contributed by atoms with Crippen molar-refractivity contribution in [2.45, 2.75) is 38.1 Å². The van der Waals surface area contributed by atoms with Gasteiger partial charge in [0.25, 0.3) is 0 Å². The summed E-state index contributed by atoms with van der Waals surface area (Å²) < 4.78 is 1.31. The molecule has 1 atom stereocenters. The monoisotopic (exact) mass is 330 g/mol. The second-order valence-corrected chi connectivity index (χ2v) is 5.73. The zero-order valence-corrected chi connectivity index (χ0v) is 11.6. The van der Waals surface area contributed by atoms with Crippen LogP contribution in [0.5, 0.6) is 0 Å². The van der Waals surface area contributed by atoms with Gasteiger partial charge in [-0.2, -0.15) is 0 Å². The molecule has 1 aliphatic rings. The zero-order chi connectivity index (χ0) is 11.4. The molecule has 1 aromatic carbocycles. The summed E-state index contributed by atoms with van der Waals surface area (Å²) >= 11 is 2.40. The van der Waals surface area contributed by atoms with Crippen molar-refractivity contribution in [2.75, 3.05) is 0 Å². The Morgan fingerprint density at radius 2 is 1.88 bits per heavy atom. The van der Waals surface area contributed by atoms with Gasteiger partial charge in [-0.15, -0.1) is 0 Å². The third-order valence-corrected chi connectivity index (χ3v) is 4.52. The minimum absolute atomic E-state index is 0.327. The summed E-state index contributed by atoms with van der Waals surface area (Å²) in [5.41, 5.74) is 4.38. The van der Waals surface area contributed by atoms with Crippen LogP contribution < -0.4 is 11.3 Å². The van der Waals surface area contributed by atoms with E-state index >= 15 is 0 Å². The third-order valence-electron chi connectivity index (χ3n) is 3.54. The van der Waals surface area contributed by atoms with Gasteiger partial charge < -0.3 is 0 Å². The Bertz CT molecular complexity index is 334. The fraction of sp³-hybridized carbons (Fsp3) is 0.538. The van der Waals surface area contributed by atoms with Crippen molar-refractivity contribution in [1.29, 1.82) is 0 Å². The summed E-state index contributed by atoms with van der Waals surface area (Å²) in [6.45, 7) is 0. The summed E-state index contributed by atoms with van der Waals surface area (Å²) in [5, 5.41) is 0. The third kappa shape index (κ3) is 2.76. The topological polar surface area (TPSA) is 38.0 Å². The first-order chi connectivity index (χ1) is 7.83. The van der Waals surface area contributed by atoms with Crippen molar-refractivity contribution in [3.05, 3.63) is 33.4 Å². The molecule has 2 rings (SSSR count). The van der Waals surface area contributed by atoms with Crippen molar-refractivity contribution >= 4 is 22.6 Å². The number of halogens is 1. The first-order valence-corrected chi connectivity index (χ1v) is 7.11. The van der Waals surface area contributed by atoms with Gasteiger partial charge in [-0.3, -0.25) is 11.3 Å². The average Bonchev–Trinajstić information content (AvgIpc) is 2.34. The van der Waals surface area contributed by atoms with Crippen molar-refractivity contribution in [3.8, 4) is 0 Å². The molecule has 0 bridgehead atoms. The van der Waals surface area contributed by atoms with Crippen LogP contribution >= 0.6 is 22.6 Å². The van der Waals surface area contributed by atoms with E-state index in [1.165, 1.54) is 41.2 Å². The van der Waals surface area contributed by atoms with Crippen LogP contribution in [0.15, 0.2) is 24.3 Å². The highest BCUT2D eigenvalue weighted by atomic mass is 127. The molecule has 0 aliphatic heterocycles. The Morgan fingerprint density at radius 1 is 1.19 bits per heavy atom. The lowest BCUT2D eigenvalue weighted by Gasteiger charge is -2.30. The van der Waals surface area contributed by atoms with Crippen molar-refractivity contribution in [3.63, 3.8) is 0 Å². The summed E-state index contributed by atoms with van der Waals surface area (Å²) in [6.07, 6.45) is 6.71. The number of nitrogens with two attached hydrogens (primary N) is 1. The average molecular weight is 330 g/mol. The van der Waals surface area contributed by atoms with Gasteiger partial charge in [0.1, 0.15) is 0 Å². The highest BCUT2D eigenvalue weighted by Gasteiger charge is 2.25. The molecule has 0 radical (unpaired) electrons. The fourth-order valence-corrected chi connectivity index (χ4v) is 3.40. The van der Waals surface area contributed by atoms with E-state index in [1.807, 2.05) is 0 Å². The van der Waals surface area contributed by atoms with E-state index in [4.69, 9.17) is 5.84 Å². The number of hydrogen-bond acceptors (Lipinski definition) is 2. The Hall–Kier alpha value is -0.130. The predicted octanol–water partition coefficient (Wildman–Crippen LogP) is 3.38. The second kappa shape index (κ2) is 5.98. The first-order valence-electron chi connectivity index (χ1n) is 6.03. The van der Waals surface area contributed by atoms with Crippen LogP contribution in [0.4, 0.5) is 0 Å². The Labute approximate surface area is 111 Å². The van der Waals surface area contributed by atoms with Crippen LogP contribution in [0, 0.1) is 9.49 Å². The van der Waals surface area contributed by atoms with Gasteiger partial charge in [0, 0.05) is 9.61 Å². The van der Waals surface area contributed by atoms with Crippen LogP contribution in [0.3, 0.4) is 0 Å². The zero-order valence-electron chi connectivity index (χ0n) is 9.45. The second-order valence-electron chi connectivity index (χ2n) is 4.56. The van der Waals surface area contributed by atoms with Gasteiger partial charge in [0.15, 0.2) is 0 Å². The molecule has 1 saturated carbocycles. The standard InChI is InChI=1S/C13H19IN2/c14-12-9-5-4-8-11(12)13(16-15)10-6-2-1-3-7-10/h4-5,8-10,13,16H,1-3,6-7,15H2. The molecule has 3 N–H and O–H groups in total. The minimum atomic E-state index is 0.327. The highest BCUT2D eigenvalue weighted by Crippen LogP contribution is 2.35. The number of rotatable bonds is 3. The molecule has 1 unspecified atom stereocenters. The molecule has 1 fully saturated rings.